The number of aliphatic hydroxyl groups is 1. The van der Waals surface area contributed by atoms with E-state index >= 15 is 0 Å². The number of nitrogens with one attached hydrogen (secondary N) is 1. The number of morpholine rings is 1. The van der Waals surface area contributed by atoms with Crippen molar-refractivity contribution in [3.63, 3.8) is 0 Å². The highest BCUT2D eigenvalue weighted by molar-refractivity contribution is 4.93. The smallest absolute Gasteiger partial charge is 0.0936 e. The number of hydrogen-bond donors (Lipinski definition) is 2. The molecule has 0 aromatic rings. The van der Waals surface area contributed by atoms with Crippen molar-refractivity contribution in [1.29, 1.82) is 0 Å². The zero-order valence-corrected chi connectivity index (χ0v) is 12.8. The first-order chi connectivity index (χ1) is 9.69. The third-order valence-electron chi connectivity index (χ3n) is 5.17. The summed E-state index contributed by atoms with van der Waals surface area (Å²) < 4.78 is 5.76. The first-order valence-electron chi connectivity index (χ1n) is 8.41. The third-order valence-corrected chi connectivity index (χ3v) is 5.17. The van der Waals surface area contributed by atoms with Crippen LogP contribution in [0.1, 0.15) is 45.4 Å². The van der Waals surface area contributed by atoms with Crippen molar-refractivity contribution in [2.45, 2.75) is 63.7 Å². The van der Waals surface area contributed by atoms with Gasteiger partial charge in [-0.2, -0.15) is 0 Å². The van der Waals surface area contributed by atoms with Gasteiger partial charge in [-0.3, -0.25) is 4.90 Å². The lowest BCUT2D eigenvalue weighted by molar-refractivity contribution is -0.102. The molecule has 2 saturated carbocycles. The van der Waals surface area contributed by atoms with Gasteiger partial charge in [0.05, 0.1) is 18.8 Å². The van der Waals surface area contributed by atoms with Gasteiger partial charge in [0, 0.05) is 32.2 Å². The fourth-order valence-corrected chi connectivity index (χ4v) is 4.01. The van der Waals surface area contributed by atoms with E-state index in [0.717, 1.165) is 19.1 Å². The average molecular weight is 282 g/mol. The largest absolute Gasteiger partial charge is 0.394 e. The molecule has 1 saturated heterocycles. The van der Waals surface area contributed by atoms with Crippen LogP contribution in [0.15, 0.2) is 0 Å². The molecule has 3 rings (SSSR count). The van der Waals surface area contributed by atoms with E-state index in [0.29, 0.717) is 5.41 Å². The molecule has 116 valence electrons. The fraction of sp³-hybridized carbons (Fsp3) is 1.00. The zero-order chi connectivity index (χ0) is 14.0. The van der Waals surface area contributed by atoms with E-state index in [1.54, 1.807) is 0 Å². The van der Waals surface area contributed by atoms with Gasteiger partial charge in [0.2, 0.25) is 0 Å². The Balaban J connectivity index is 1.57. The highest BCUT2D eigenvalue weighted by Gasteiger charge is 2.38. The Morgan fingerprint density at radius 1 is 1.25 bits per heavy atom. The molecule has 0 aromatic heterocycles. The van der Waals surface area contributed by atoms with Crippen LogP contribution in [0, 0.1) is 5.41 Å². The van der Waals surface area contributed by atoms with Crippen LogP contribution in [0.25, 0.3) is 0 Å². The molecule has 0 radical (unpaired) electrons. The molecular formula is C16H30N2O2. The monoisotopic (exact) mass is 282 g/mol. The van der Waals surface area contributed by atoms with Crippen LogP contribution in [0.3, 0.4) is 0 Å². The van der Waals surface area contributed by atoms with Gasteiger partial charge in [-0.25, -0.2) is 0 Å². The van der Waals surface area contributed by atoms with E-state index in [1.807, 2.05) is 0 Å². The number of ether oxygens (including phenoxy) is 1. The molecule has 0 spiro atoms. The Labute approximate surface area is 122 Å². The Morgan fingerprint density at radius 2 is 2.00 bits per heavy atom. The molecular weight excluding hydrogens is 252 g/mol. The maximum Gasteiger partial charge on any atom is 0.0936 e. The Kier molecular flexibility index (Phi) is 4.65. The van der Waals surface area contributed by atoms with Crippen molar-refractivity contribution in [3.8, 4) is 0 Å². The minimum absolute atomic E-state index is 0.00796. The van der Waals surface area contributed by atoms with Gasteiger partial charge in [-0.1, -0.05) is 12.8 Å². The fourth-order valence-electron chi connectivity index (χ4n) is 4.01. The number of nitrogens with zero attached hydrogens (tertiary/aromatic N) is 1. The summed E-state index contributed by atoms with van der Waals surface area (Å²) in [6.07, 6.45) is 8.49. The van der Waals surface area contributed by atoms with Crippen molar-refractivity contribution in [2.24, 2.45) is 5.41 Å². The van der Waals surface area contributed by atoms with Crippen molar-refractivity contribution in [1.82, 2.24) is 10.2 Å². The van der Waals surface area contributed by atoms with Crippen LogP contribution < -0.4 is 5.32 Å². The van der Waals surface area contributed by atoms with Crippen LogP contribution in [0.5, 0.6) is 0 Å². The van der Waals surface area contributed by atoms with E-state index in [9.17, 15) is 5.11 Å². The minimum atomic E-state index is 0.00796. The molecule has 3 aliphatic rings. The molecule has 4 nitrogen and oxygen atoms in total. The van der Waals surface area contributed by atoms with Gasteiger partial charge < -0.3 is 15.2 Å². The highest BCUT2D eigenvalue weighted by atomic mass is 16.5. The quantitative estimate of drug-likeness (QED) is 0.772. The maximum absolute atomic E-state index is 9.37. The third kappa shape index (κ3) is 3.73. The zero-order valence-electron chi connectivity index (χ0n) is 12.8. The molecule has 3 fully saturated rings. The first kappa shape index (κ1) is 14.8. The average Bonchev–Trinajstić information content (AvgIpc) is 3.16. The second-order valence-corrected chi connectivity index (χ2v) is 7.31. The van der Waals surface area contributed by atoms with Gasteiger partial charge in [0.25, 0.3) is 0 Å². The van der Waals surface area contributed by atoms with Crippen molar-refractivity contribution in [3.05, 3.63) is 0 Å². The van der Waals surface area contributed by atoms with E-state index in [4.69, 9.17) is 4.74 Å². The Bertz CT molecular complexity index is 314. The van der Waals surface area contributed by atoms with Crippen LogP contribution in [-0.4, -0.2) is 61.0 Å². The van der Waals surface area contributed by atoms with Crippen LogP contribution in [0.2, 0.25) is 0 Å². The predicted octanol–water partition coefficient (Wildman–Crippen LogP) is 1.38. The summed E-state index contributed by atoms with van der Waals surface area (Å²) in [6, 6.07) is 0.807. The summed E-state index contributed by atoms with van der Waals surface area (Å²) in [5.41, 5.74) is 0.472. The second-order valence-electron chi connectivity index (χ2n) is 7.31. The lowest BCUT2D eigenvalue weighted by Gasteiger charge is -2.41. The number of hydrogen-bond acceptors (Lipinski definition) is 4. The topological polar surface area (TPSA) is 44.7 Å². The van der Waals surface area contributed by atoms with Crippen LogP contribution in [-0.2, 0) is 4.74 Å². The summed E-state index contributed by atoms with van der Waals surface area (Å²) >= 11 is 0. The van der Waals surface area contributed by atoms with Crippen molar-refractivity contribution >= 4 is 0 Å². The summed E-state index contributed by atoms with van der Waals surface area (Å²) in [5, 5.41) is 13.1. The molecule has 20 heavy (non-hydrogen) atoms. The van der Waals surface area contributed by atoms with Gasteiger partial charge >= 0.3 is 0 Å². The van der Waals surface area contributed by atoms with Gasteiger partial charge in [-0.15, -0.1) is 0 Å². The number of rotatable bonds is 6. The Morgan fingerprint density at radius 3 is 2.65 bits per heavy atom. The Hall–Kier alpha value is -0.160. The standard InChI is InChI=1S/C16H30N2O2/c1-13-8-18(9-15(10-19)20-13)12-16(6-2-3-7-16)11-17-14-4-5-14/h13-15,17,19H,2-12H2,1H3. The van der Waals surface area contributed by atoms with Crippen LogP contribution in [0.4, 0.5) is 0 Å². The first-order valence-corrected chi connectivity index (χ1v) is 8.41. The summed E-state index contributed by atoms with van der Waals surface area (Å²) in [7, 11) is 0. The summed E-state index contributed by atoms with van der Waals surface area (Å²) in [5.74, 6) is 0. The van der Waals surface area contributed by atoms with E-state index in [2.05, 4.69) is 17.1 Å². The van der Waals surface area contributed by atoms with E-state index < -0.39 is 0 Å². The molecule has 1 aliphatic heterocycles. The van der Waals surface area contributed by atoms with E-state index in [1.165, 1.54) is 51.6 Å². The van der Waals surface area contributed by atoms with Crippen molar-refractivity contribution < 1.29 is 9.84 Å². The molecule has 1 heterocycles. The molecule has 0 bridgehead atoms. The molecule has 0 aromatic carbocycles. The minimum Gasteiger partial charge on any atom is -0.394 e. The SMILES string of the molecule is CC1CN(CC2(CNC3CC3)CCCC2)CC(CO)O1. The normalized spacial score (nSPS) is 34.5. The van der Waals surface area contributed by atoms with Crippen LogP contribution >= 0.6 is 0 Å². The van der Waals surface area contributed by atoms with Crippen molar-refractivity contribution in [2.75, 3.05) is 32.8 Å². The lowest BCUT2D eigenvalue weighted by atomic mass is 9.85. The summed E-state index contributed by atoms with van der Waals surface area (Å²) in [6.45, 7) is 6.55. The molecule has 2 unspecified atom stereocenters. The highest BCUT2D eigenvalue weighted by Crippen LogP contribution is 2.39. The van der Waals surface area contributed by atoms with Gasteiger partial charge in [-0.05, 0) is 38.0 Å². The van der Waals surface area contributed by atoms with Gasteiger partial charge in [0.15, 0.2) is 0 Å². The maximum atomic E-state index is 9.37. The lowest BCUT2D eigenvalue weighted by Crippen LogP contribution is -2.52. The molecule has 0 amide bonds. The number of aliphatic hydroxyl groups excluding tert-OH is 1. The molecule has 2 N–H and O–H groups in total. The molecule has 2 aliphatic carbocycles. The second kappa shape index (κ2) is 6.30. The van der Waals surface area contributed by atoms with Gasteiger partial charge in [0.1, 0.15) is 0 Å². The predicted molar refractivity (Wildman–Crippen MR) is 79.8 cm³/mol. The van der Waals surface area contributed by atoms with E-state index in [-0.39, 0.29) is 18.8 Å². The summed E-state index contributed by atoms with van der Waals surface area (Å²) in [4.78, 5) is 2.54. The molecule has 4 heteroatoms. The molecule has 2 atom stereocenters.